The van der Waals surface area contributed by atoms with E-state index in [2.05, 4.69) is 15.1 Å². The number of ether oxygens (including phenoxy) is 3. The summed E-state index contributed by atoms with van der Waals surface area (Å²) in [6.07, 6.45) is 6.82. The molecule has 0 aliphatic carbocycles. The number of hydrogen-bond donors (Lipinski definition) is 1. The molecule has 4 heterocycles. The van der Waals surface area contributed by atoms with E-state index in [1.54, 1.807) is 7.11 Å². The molecular formula is C24H35N5O3. The Balaban J connectivity index is 1.38. The first-order valence-electron chi connectivity index (χ1n) is 12.1. The monoisotopic (exact) mass is 441 g/mol. The highest BCUT2D eigenvalue weighted by atomic mass is 16.5. The van der Waals surface area contributed by atoms with Gasteiger partial charge in [-0.15, -0.1) is 0 Å². The van der Waals surface area contributed by atoms with Gasteiger partial charge in [0.1, 0.15) is 5.82 Å². The van der Waals surface area contributed by atoms with Crippen LogP contribution >= 0.6 is 0 Å². The van der Waals surface area contributed by atoms with E-state index >= 15 is 0 Å². The Morgan fingerprint density at radius 2 is 1.84 bits per heavy atom. The van der Waals surface area contributed by atoms with Crippen molar-refractivity contribution in [3.05, 3.63) is 12.1 Å². The molecule has 174 valence electrons. The molecular weight excluding hydrogens is 406 g/mol. The third-order valence-electron chi connectivity index (χ3n) is 6.75. The fraction of sp³-hybridized carbons (Fsp3) is 0.667. The molecule has 1 aromatic heterocycles. The topological polar surface area (TPSA) is 72.0 Å². The zero-order valence-electron chi connectivity index (χ0n) is 19.1. The maximum absolute atomic E-state index is 6.16. The number of fused-ring (bicyclic) bond motifs is 1. The highest BCUT2D eigenvalue weighted by molar-refractivity contribution is 5.93. The lowest BCUT2D eigenvalue weighted by atomic mass is 10.1. The summed E-state index contributed by atoms with van der Waals surface area (Å²) >= 11 is 0. The molecule has 3 fully saturated rings. The standard InChI is InChI=1S/C24H35N5O3/c1-30-21-16-19-20(17-22(21)32-13-5-10-28-8-2-3-9-28)26-24(29-11-4-12-29)27-23(19)25-18-6-14-31-15-7-18/h16-18H,2-15H2,1H3,(H,25,26,27). The van der Waals surface area contributed by atoms with Gasteiger partial charge in [0.15, 0.2) is 11.5 Å². The molecule has 3 saturated heterocycles. The fourth-order valence-corrected chi connectivity index (χ4v) is 4.68. The van der Waals surface area contributed by atoms with Crippen LogP contribution in [-0.4, -0.2) is 80.6 Å². The van der Waals surface area contributed by atoms with E-state index in [-0.39, 0.29) is 0 Å². The number of nitrogens with one attached hydrogen (secondary N) is 1. The Hall–Kier alpha value is -2.32. The minimum Gasteiger partial charge on any atom is -0.493 e. The Morgan fingerprint density at radius 3 is 2.56 bits per heavy atom. The molecule has 0 unspecified atom stereocenters. The zero-order valence-corrected chi connectivity index (χ0v) is 19.1. The van der Waals surface area contributed by atoms with Crippen molar-refractivity contribution in [2.75, 3.05) is 69.9 Å². The molecule has 0 bridgehead atoms. The summed E-state index contributed by atoms with van der Waals surface area (Å²) in [6.45, 7) is 7.82. The molecule has 0 atom stereocenters. The van der Waals surface area contributed by atoms with E-state index < -0.39 is 0 Å². The van der Waals surface area contributed by atoms with Crippen molar-refractivity contribution < 1.29 is 14.2 Å². The van der Waals surface area contributed by atoms with Crippen LogP contribution in [0.25, 0.3) is 10.9 Å². The van der Waals surface area contributed by atoms with Crippen molar-refractivity contribution in [1.29, 1.82) is 0 Å². The average Bonchev–Trinajstić information content (AvgIpc) is 3.29. The largest absolute Gasteiger partial charge is 0.493 e. The summed E-state index contributed by atoms with van der Waals surface area (Å²) in [5, 5.41) is 4.64. The number of likely N-dealkylation sites (tertiary alicyclic amines) is 1. The summed E-state index contributed by atoms with van der Waals surface area (Å²) in [6, 6.07) is 4.40. The van der Waals surface area contributed by atoms with Gasteiger partial charge in [0, 0.05) is 50.3 Å². The van der Waals surface area contributed by atoms with Crippen LogP contribution in [0.4, 0.5) is 11.8 Å². The van der Waals surface area contributed by atoms with E-state index in [1.165, 1.54) is 32.4 Å². The molecule has 0 saturated carbocycles. The summed E-state index contributed by atoms with van der Waals surface area (Å²) in [7, 11) is 1.69. The molecule has 3 aliphatic heterocycles. The van der Waals surface area contributed by atoms with Crippen molar-refractivity contribution in [2.24, 2.45) is 0 Å². The van der Waals surface area contributed by atoms with Gasteiger partial charge in [-0.3, -0.25) is 0 Å². The second-order valence-corrected chi connectivity index (χ2v) is 9.01. The van der Waals surface area contributed by atoms with Crippen LogP contribution in [0.15, 0.2) is 12.1 Å². The number of hydrogen-bond acceptors (Lipinski definition) is 8. The molecule has 1 aromatic carbocycles. The van der Waals surface area contributed by atoms with Crippen LogP contribution in [0, 0.1) is 0 Å². The highest BCUT2D eigenvalue weighted by Gasteiger charge is 2.23. The van der Waals surface area contributed by atoms with Crippen LogP contribution in [0.5, 0.6) is 11.5 Å². The van der Waals surface area contributed by atoms with Crippen molar-refractivity contribution in [3.63, 3.8) is 0 Å². The minimum absolute atomic E-state index is 0.360. The van der Waals surface area contributed by atoms with Gasteiger partial charge >= 0.3 is 0 Å². The molecule has 2 aromatic rings. The Labute approximate surface area is 190 Å². The van der Waals surface area contributed by atoms with Gasteiger partial charge < -0.3 is 29.3 Å². The maximum Gasteiger partial charge on any atom is 0.227 e. The van der Waals surface area contributed by atoms with Crippen LogP contribution < -0.4 is 19.7 Å². The van der Waals surface area contributed by atoms with E-state index in [0.717, 1.165) is 86.3 Å². The van der Waals surface area contributed by atoms with Gasteiger partial charge in [0.2, 0.25) is 5.95 Å². The number of benzene rings is 1. The van der Waals surface area contributed by atoms with E-state index in [1.807, 2.05) is 12.1 Å². The number of anilines is 2. The molecule has 8 nitrogen and oxygen atoms in total. The first-order chi connectivity index (χ1) is 15.8. The van der Waals surface area contributed by atoms with Gasteiger partial charge in [0.05, 0.1) is 19.2 Å². The van der Waals surface area contributed by atoms with Gasteiger partial charge in [0.25, 0.3) is 0 Å². The van der Waals surface area contributed by atoms with E-state index in [9.17, 15) is 0 Å². The summed E-state index contributed by atoms with van der Waals surface area (Å²) in [4.78, 5) is 14.5. The average molecular weight is 442 g/mol. The first-order valence-corrected chi connectivity index (χ1v) is 12.1. The Bertz CT molecular complexity index is 908. The SMILES string of the molecule is COc1cc2c(NC3CCOCC3)nc(N3CCC3)nc2cc1OCCCN1CCCC1. The Morgan fingerprint density at radius 1 is 1.03 bits per heavy atom. The fourth-order valence-electron chi connectivity index (χ4n) is 4.68. The number of nitrogens with zero attached hydrogens (tertiary/aromatic N) is 4. The summed E-state index contributed by atoms with van der Waals surface area (Å²) < 4.78 is 17.4. The highest BCUT2D eigenvalue weighted by Crippen LogP contribution is 2.36. The van der Waals surface area contributed by atoms with Crippen LogP contribution in [0.3, 0.4) is 0 Å². The van der Waals surface area contributed by atoms with Gasteiger partial charge in [-0.25, -0.2) is 4.98 Å². The van der Waals surface area contributed by atoms with Crippen LogP contribution in [0.1, 0.15) is 38.5 Å². The lowest BCUT2D eigenvalue weighted by Gasteiger charge is -2.32. The number of rotatable bonds is 9. The molecule has 1 N–H and O–H groups in total. The predicted octanol–water partition coefficient (Wildman–Crippen LogP) is 3.30. The van der Waals surface area contributed by atoms with Crippen molar-refractivity contribution in [1.82, 2.24) is 14.9 Å². The van der Waals surface area contributed by atoms with Crippen molar-refractivity contribution in [3.8, 4) is 11.5 Å². The smallest absolute Gasteiger partial charge is 0.227 e. The number of methoxy groups -OCH3 is 1. The first kappa shape index (κ1) is 21.5. The summed E-state index contributed by atoms with van der Waals surface area (Å²) in [5.74, 6) is 3.16. The maximum atomic E-state index is 6.16. The zero-order chi connectivity index (χ0) is 21.8. The van der Waals surface area contributed by atoms with Crippen LogP contribution in [-0.2, 0) is 4.74 Å². The van der Waals surface area contributed by atoms with Crippen molar-refractivity contribution in [2.45, 2.75) is 44.6 Å². The lowest BCUT2D eigenvalue weighted by Crippen LogP contribution is -2.38. The van der Waals surface area contributed by atoms with Crippen molar-refractivity contribution >= 4 is 22.7 Å². The number of aromatic nitrogens is 2. The van der Waals surface area contributed by atoms with Crippen LogP contribution in [0.2, 0.25) is 0 Å². The molecule has 8 heteroatoms. The second kappa shape index (κ2) is 10.1. The van der Waals surface area contributed by atoms with Gasteiger partial charge in [-0.1, -0.05) is 0 Å². The minimum atomic E-state index is 0.360. The normalized spacial score (nSPS) is 19.8. The predicted molar refractivity (Wildman–Crippen MR) is 126 cm³/mol. The molecule has 0 radical (unpaired) electrons. The Kier molecular flexibility index (Phi) is 6.78. The third kappa shape index (κ3) is 4.86. The third-order valence-corrected chi connectivity index (χ3v) is 6.75. The van der Waals surface area contributed by atoms with E-state index in [0.29, 0.717) is 12.6 Å². The lowest BCUT2D eigenvalue weighted by molar-refractivity contribution is 0.0904. The second-order valence-electron chi connectivity index (χ2n) is 9.01. The molecule has 0 spiro atoms. The summed E-state index contributed by atoms with van der Waals surface area (Å²) in [5.41, 5.74) is 0.895. The molecule has 32 heavy (non-hydrogen) atoms. The van der Waals surface area contributed by atoms with Gasteiger partial charge in [-0.2, -0.15) is 4.98 Å². The molecule has 0 amide bonds. The molecule has 5 rings (SSSR count). The van der Waals surface area contributed by atoms with Gasteiger partial charge in [-0.05, 0) is 57.7 Å². The quantitative estimate of drug-likeness (QED) is 0.595. The van der Waals surface area contributed by atoms with E-state index in [4.69, 9.17) is 24.2 Å². The molecule has 3 aliphatic rings.